The van der Waals surface area contributed by atoms with Crippen LogP contribution in [0.5, 0.6) is 0 Å². The Labute approximate surface area is 109 Å². The summed E-state index contributed by atoms with van der Waals surface area (Å²) in [5, 5.41) is 0. The van der Waals surface area contributed by atoms with Gasteiger partial charge in [0.25, 0.3) is 0 Å². The quantitative estimate of drug-likeness (QED) is 0.610. The summed E-state index contributed by atoms with van der Waals surface area (Å²) >= 11 is 2.30. The molecule has 0 aliphatic rings. The molecule has 2 nitrogen and oxygen atoms in total. The van der Waals surface area contributed by atoms with Crippen LogP contribution < -0.4 is 0 Å². The van der Waals surface area contributed by atoms with Crippen LogP contribution in [0.4, 0.5) is 0 Å². The molecular formula is C13H14INO. The van der Waals surface area contributed by atoms with Crippen LogP contribution in [0.15, 0.2) is 22.6 Å². The Morgan fingerprint density at radius 2 is 1.75 bits per heavy atom. The molecule has 16 heavy (non-hydrogen) atoms. The first-order chi connectivity index (χ1) is 7.60. The van der Waals surface area contributed by atoms with Gasteiger partial charge in [-0.05, 0) is 32.9 Å². The van der Waals surface area contributed by atoms with Gasteiger partial charge in [0.2, 0.25) is 5.89 Å². The molecule has 1 heterocycles. The smallest absolute Gasteiger partial charge is 0.226 e. The molecule has 0 bridgehead atoms. The van der Waals surface area contributed by atoms with Crippen molar-refractivity contribution in [3.8, 4) is 11.5 Å². The summed E-state index contributed by atoms with van der Waals surface area (Å²) in [6.07, 6.45) is 0. The van der Waals surface area contributed by atoms with E-state index in [9.17, 15) is 0 Å². The molecule has 0 aliphatic heterocycles. The van der Waals surface area contributed by atoms with Crippen LogP contribution in [0.3, 0.4) is 0 Å². The molecule has 1 aromatic heterocycles. The van der Waals surface area contributed by atoms with E-state index in [1.54, 1.807) is 0 Å². The SMILES string of the molecule is Cc1cc(C)cc(-c2nc(CI)c(C)o2)c1. The van der Waals surface area contributed by atoms with Gasteiger partial charge >= 0.3 is 0 Å². The van der Waals surface area contributed by atoms with E-state index < -0.39 is 0 Å². The molecule has 2 aromatic rings. The predicted octanol–water partition coefficient (Wildman–Crippen LogP) is 4.20. The Bertz CT molecular complexity index is 496. The maximum atomic E-state index is 5.69. The topological polar surface area (TPSA) is 26.0 Å². The number of benzene rings is 1. The molecule has 1 aromatic carbocycles. The molecule has 0 atom stereocenters. The number of rotatable bonds is 2. The molecule has 0 radical (unpaired) electrons. The average Bonchev–Trinajstić information content (AvgIpc) is 2.58. The lowest BCUT2D eigenvalue weighted by atomic mass is 10.1. The third-order valence-electron chi connectivity index (χ3n) is 2.49. The highest BCUT2D eigenvalue weighted by Crippen LogP contribution is 2.24. The van der Waals surface area contributed by atoms with Gasteiger partial charge in [0.1, 0.15) is 5.76 Å². The van der Waals surface area contributed by atoms with Crippen molar-refractivity contribution in [2.24, 2.45) is 0 Å². The molecule has 84 valence electrons. The maximum Gasteiger partial charge on any atom is 0.226 e. The number of alkyl halides is 1. The van der Waals surface area contributed by atoms with Crippen molar-refractivity contribution >= 4 is 22.6 Å². The number of oxazole rings is 1. The van der Waals surface area contributed by atoms with Gasteiger partial charge in [0.05, 0.1) is 5.69 Å². The normalized spacial score (nSPS) is 10.8. The fraction of sp³-hybridized carbons (Fsp3) is 0.308. The minimum absolute atomic E-state index is 0.732. The molecule has 2 rings (SSSR count). The number of aromatic nitrogens is 1. The molecule has 3 heteroatoms. The molecule has 0 fully saturated rings. The van der Waals surface area contributed by atoms with Crippen molar-refractivity contribution in [3.05, 3.63) is 40.8 Å². The highest BCUT2D eigenvalue weighted by atomic mass is 127. The van der Waals surface area contributed by atoms with Crippen molar-refractivity contribution < 1.29 is 4.42 Å². The second kappa shape index (κ2) is 4.57. The lowest BCUT2D eigenvalue weighted by molar-refractivity contribution is 0.540. The standard InChI is InChI=1S/C13H14INO/c1-8-4-9(2)6-11(5-8)13-15-12(7-14)10(3)16-13/h4-6H,7H2,1-3H3. The largest absolute Gasteiger partial charge is 0.441 e. The first-order valence-electron chi connectivity index (χ1n) is 5.21. The van der Waals surface area contributed by atoms with E-state index in [0.29, 0.717) is 0 Å². The monoisotopic (exact) mass is 327 g/mol. The van der Waals surface area contributed by atoms with E-state index in [1.165, 1.54) is 11.1 Å². The van der Waals surface area contributed by atoms with E-state index in [4.69, 9.17) is 4.42 Å². The van der Waals surface area contributed by atoms with Crippen LogP contribution in [0.2, 0.25) is 0 Å². The molecular weight excluding hydrogens is 313 g/mol. The molecule has 0 N–H and O–H groups in total. The summed E-state index contributed by atoms with van der Waals surface area (Å²) in [6, 6.07) is 6.36. The Kier molecular flexibility index (Phi) is 3.33. The lowest BCUT2D eigenvalue weighted by Gasteiger charge is -2.00. The summed E-state index contributed by atoms with van der Waals surface area (Å²) < 4.78 is 6.57. The van der Waals surface area contributed by atoms with Crippen molar-refractivity contribution in [1.29, 1.82) is 0 Å². The highest BCUT2D eigenvalue weighted by molar-refractivity contribution is 14.1. The zero-order valence-electron chi connectivity index (χ0n) is 9.67. The number of aryl methyl sites for hydroxylation is 3. The number of hydrogen-bond acceptors (Lipinski definition) is 2. The van der Waals surface area contributed by atoms with Gasteiger partial charge in [-0.25, -0.2) is 4.98 Å². The Hall–Kier alpha value is -0.840. The van der Waals surface area contributed by atoms with Crippen molar-refractivity contribution in [2.75, 3.05) is 0 Å². The Morgan fingerprint density at radius 1 is 1.12 bits per heavy atom. The number of hydrogen-bond donors (Lipinski definition) is 0. The molecule has 0 saturated heterocycles. The molecule has 0 spiro atoms. The van der Waals surface area contributed by atoms with Gasteiger partial charge in [-0.15, -0.1) is 0 Å². The fourth-order valence-corrected chi connectivity index (χ4v) is 2.48. The predicted molar refractivity (Wildman–Crippen MR) is 73.9 cm³/mol. The van der Waals surface area contributed by atoms with Gasteiger partial charge in [0.15, 0.2) is 0 Å². The summed E-state index contributed by atoms with van der Waals surface area (Å²) in [7, 11) is 0. The number of halogens is 1. The maximum absolute atomic E-state index is 5.69. The van der Waals surface area contributed by atoms with Gasteiger partial charge in [-0.2, -0.15) is 0 Å². The van der Waals surface area contributed by atoms with Crippen LogP contribution in [0.1, 0.15) is 22.6 Å². The van der Waals surface area contributed by atoms with Gasteiger partial charge in [-0.1, -0.05) is 39.8 Å². The first-order valence-corrected chi connectivity index (χ1v) is 6.73. The highest BCUT2D eigenvalue weighted by Gasteiger charge is 2.10. The van der Waals surface area contributed by atoms with Gasteiger partial charge in [-0.3, -0.25) is 0 Å². The Morgan fingerprint density at radius 3 is 2.25 bits per heavy atom. The van der Waals surface area contributed by atoms with E-state index in [2.05, 4.69) is 59.6 Å². The second-order valence-electron chi connectivity index (χ2n) is 4.03. The van der Waals surface area contributed by atoms with Crippen LogP contribution in [0.25, 0.3) is 11.5 Å². The van der Waals surface area contributed by atoms with Crippen LogP contribution in [-0.4, -0.2) is 4.98 Å². The summed E-state index contributed by atoms with van der Waals surface area (Å²) in [5.41, 5.74) is 4.58. The van der Waals surface area contributed by atoms with E-state index in [0.717, 1.165) is 27.3 Å². The third kappa shape index (κ3) is 2.29. The summed E-state index contributed by atoms with van der Waals surface area (Å²) in [4.78, 5) is 4.51. The van der Waals surface area contributed by atoms with Gasteiger partial charge < -0.3 is 4.42 Å². The summed E-state index contributed by atoms with van der Waals surface area (Å²) in [6.45, 7) is 6.14. The zero-order chi connectivity index (χ0) is 11.7. The van der Waals surface area contributed by atoms with Crippen LogP contribution in [-0.2, 0) is 4.43 Å². The zero-order valence-corrected chi connectivity index (χ0v) is 11.8. The van der Waals surface area contributed by atoms with Gasteiger partial charge in [0, 0.05) is 9.99 Å². The minimum Gasteiger partial charge on any atom is -0.441 e. The molecule has 0 aliphatic carbocycles. The third-order valence-corrected chi connectivity index (χ3v) is 3.21. The first kappa shape index (κ1) is 11.6. The lowest BCUT2D eigenvalue weighted by Crippen LogP contribution is -1.83. The summed E-state index contributed by atoms with van der Waals surface area (Å²) in [5.74, 6) is 1.65. The number of nitrogens with zero attached hydrogens (tertiary/aromatic N) is 1. The average molecular weight is 327 g/mol. The molecule has 0 unspecified atom stereocenters. The fourth-order valence-electron chi connectivity index (χ4n) is 1.77. The minimum atomic E-state index is 0.732. The molecule has 0 amide bonds. The Balaban J connectivity index is 2.49. The van der Waals surface area contributed by atoms with Crippen molar-refractivity contribution in [3.63, 3.8) is 0 Å². The van der Waals surface area contributed by atoms with Crippen molar-refractivity contribution in [1.82, 2.24) is 4.98 Å². The second-order valence-corrected chi connectivity index (χ2v) is 4.79. The van der Waals surface area contributed by atoms with E-state index in [1.807, 2.05) is 6.92 Å². The van der Waals surface area contributed by atoms with E-state index in [-0.39, 0.29) is 0 Å². The van der Waals surface area contributed by atoms with Crippen LogP contribution in [0, 0.1) is 20.8 Å². The molecule has 0 saturated carbocycles. The van der Waals surface area contributed by atoms with E-state index >= 15 is 0 Å². The van der Waals surface area contributed by atoms with Crippen LogP contribution >= 0.6 is 22.6 Å². The van der Waals surface area contributed by atoms with Crippen molar-refractivity contribution in [2.45, 2.75) is 25.2 Å².